The van der Waals surface area contributed by atoms with Crippen molar-refractivity contribution < 1.29 is 14.6 Å². The van der Waals surface area contributed by atoms with Crippen molar-refractivity contribution in [2.75, 3.05) is 19.7 Å². The predicted molar refractivity (Wildman–Crippen MR) is 117 cm³/mol. The van der Waals surface area contributed by atoms with Crippen LogP contribution < -0.4 is 4.74 Å². The standard InChI is InChI=1S/C22H25N5O3S/c1-12(2)27-20(23-11-24-27)21-25-19-16-5-4-14(8-17(16)30-7-6-18(19)31-21)15-9-26(10-15)22(29)13(3)28/h4-5,8,11-13,15,28H,6-7,9-10H2,1-3H3/t13-/m1/s1. The highest BCUT2D eigenvalue weighted by Gasteiger charge is 2.34. The first-order chi connectivity index (χ1) is 14.9. The maximum atomic E-state index is 11.9. The molecule has 2 aromatic heterocycles. The van der Waals surface area contributed by atoms with Crippen LogP contribution in [0.25, 0.3) is 22.1 Å². The summed E-state index contributed by atoms with van der Waals surface area (Å²) in [4.78, 5) is 24.2. The number of nitrogens with zero attached hydrogens (tertiary/aromatic N) is 5. The van der Waals surface area contributed by atoms with Crippen LogP contribution in [-0.2, 0) is 11.2 Å². The maximum Gasteiger partial charge on any atom is 0.251 e. The molecule has 1 saturated heterocycles. The Kier molecular flexibility index (Phi) is 5.02. The van der Waals surface area contributed by atoms with E-state index in [2.05, 4.69) is 42.1 Å². The minimum atomic E-state index is -0.949. The lowest BCUT2D eigenvalue weighted by atomic mass is 9.90. The van der Waals surface area contributed by atoms with Crippen LogP contribution >= 0.6 is 11.3 Å². The zero-order valence-electron chi connectivity index (χ0n) is 17.8. The van der Waals surface area contributed by atoms with Gasteiger partial charge in [0.15, 0.2) is 10.8 Å². The van der Waals surface area contributed by atoms with Crippen molar-refractivity contribution in [2.24, 2.45) is 0 Å². The zero-order valence-corrected chi connectivity index (χ0v) is 18.6. The Hall–Kier alpha value is -2.78. The number of likely N-dealkylation sites (tertiary alicyclic amines) is 1. The Morgan fingerprint density at radius 2 is 2.10 bits per heavy atom. The molecule has 1 fully saturated rings. The number of amides is 1. The largest absolute Gasteiger partial charge is 0.492 e. The molecule has 1 atom stereocenters. The van der Waals surface area contributed by atoms with Gasteiger partial charge in [0.1, 0.15) is 18.2 Å². The van der Waals surface area contributed by atoms with E-state index in [9.17, 15) is 9.90 Å². The minimum Gasteiger partial charge on any atom is -0.492 e. The molecular formula is C22H25N5O3S. The molecule has 1 amide bonds. The number of aromatic nitrogens is 4. The first-order valence-electron chi connectivity index (χ1n) is 10.6. The Labute approximate surface area is 184 Å². The third-order valence-electron chi connectivity index (χ3n) is 5.82. The average Bonchev–Trinajstić information content (AvgIpc) is 3.31. The fraction of sp³-hybridized carbons (Fsp3) is 0.455. The number of thiazole rings is 1. The molecule has 0 aliphatic carbocycles. The average molecular weight is 440 g/mol. The molecule has 1 N–H and O–H groups in total. The molecule has 2 aliphatic heterocycles. The van der Waals surface area contributed by atoms with Crippen LogP contribution in [0.1, 0.15) is 43.2 Å². The SMILES string of the molecule is CC(C)n1ncnc1-c1nc2c(s1)CCOc1cc(C3CN(C(=O)[C@@H](C)O)C3)ccc1-2. The van der Waals surface area contributed by atoms with E-state index in [0.29, 0.717) is 19.7 Å². The molecule has 0 bridgehead atoms. The smallest absolute Gasteiger partial charge is 0.251 e. The van der Waals surface area contributed by atoms with Gasteiger partial charge in [-0.1, -0.05) is 6.07 Å². The number of aliphatic hydroxyl groups is 1. The van der Waals surface area contributed by atoms with Crippen LogP contribution in [0.2, 0.25) is 0 Å². The number of hydrogen-bond acceptors (Lipinski definition) is 7. The fourth-order valence-corrected chi connectivity index (χ4v) is 5.15. The lowest BCUT2D eigenvalue weighted by Crippen LogP contribution is -2.51. The predicted octanol–water partition coefficient (Wildman–Crippen LogP) is 2.89. The molecule has 0 unspecified atom stereocenters. The van der Waals surface area contributed by atoms with Crippen molar-refractivity contribution in [2.45, 2.75) is 45.3 Å². The second-order valence-corrected chi connectivity index (χ2v) is 9.47. The molecule has 8 nitrogen and oxygen atoms in total. The van der Waals surface area contributed by atoms with Gasteiger partial charge in [-0.15, -0.1) is 11.3 Å². The number of hydrogen-bond donors (Lipinski definition) is 1. The van der Waals surface area contributed by atoms with Crippen LogP contribution in [0.5, 0.6) is 5.75 Å². The van der Waals surface area contributed by atoms with E-state index in [1.807, 2.05) is 4.68 Å². The second kappa shape index (κ2) is 7.72. The number of carbonyl (C=O) groups is 1. The molecule has 4 heterocycles. The van der Waals surface area contributed by atoms with E-state index in [1.54, 1.807) is 22.6 Å². The van der Waals surface area contributed by atoms with Gasteiger partial charge in [-0.05, 0) is 38.5 Å². The molecule has 1 aromatic carbocycles. The van der Waals surface area contributed by atoms with Crippen molar-refractivity contribution in [3.63, 3.8) is 0 Å². The van der Waals surface area contributed by atoms with Crippen LogP contribution in [0.4, 0.5) is 0 Å². The summed E-state index contributed by atoms with van der Waals surface area (Å²) in [6, 6.07) is 6.46. The minimum absolute atomic E-state index is 0.210. The molecule has 31 heavy (non-hydrogen) atoms. The quantitative estimate of drug-likeness (QED) is 0.672. The Morgan fingerprint density at radius 1 is 1.29 bits per heavy atom. The van der Waals surface area contributed by atoms with Crippen LogP contribution in [0, 0.1) is 0 Å². The lowest BCUT2D eigenvalue weighted by molar-refractivity contribution is -0.143. The number of aliphatic hydroxyl groups excluding tert-OH is 1. The van der Waals surface area contributed by atoms with Crippen molar-refractivity contribution in [1.29, 1.82) is 0 Å². The summed E-state index contributed by atoms with van der Waals surface area (Å²) in [7, 11) is 0. The third kappa shape index (κ3) is 3.51. The highest BCUT2D eigenvalue weighted by molar-refractivity contribution is 7.15. The Morgan fingerprint density at radius 3 is 2.84 bits per heavy atom. The van der Waals surface area contributed by atoms with E-state index in [1.165, 1.54) is 11.8 Å². The maximum absolute atomic E-state index is 11.9. The highest BCUT2D eigenvalue weighted by atomic mass is 32.1. The van der Waals surface area contributed by atoms with Crippen molar-refractivity contribution in [3.8, 4) is 27.8 Å². The molecule has 9 heteroatoms. The van der Waals surface area contributed by atoms with Crippen LogP contribution in [-0.4, -0.2) is 61.5 Å². The van der Waals surface area contributed by atoms with Gasteiger partial charge < -0.3 is 14.7 Å². The number of fused-ring (bicyclic) bond motifs is 3. The van der Waals surface area contributed by atoms with Gasteiger partial charge in [-0.3, -0.25) is 4.79 Å². The summed E-state index contributed by atoms with van der Waals surface area (Å²) < 4.78 is 7.97. The number of benzene rings is 1. The zero-order chi connectivity index (χ0) is 21.7. The number of carbonyl (C=O) groups excluding carboxylic acids is 1. The van der Waals surface area contributed by atoms with Gasteiger partial charge in [0.2, 0.25) is 0 Å². The summed E-state index contributed by atoms with van der Waals surface area (Å²) in [6.07, 6.45) is 1.43. The van der Waals surface area contributed by atoms with Crippen LogP contribution in [0.3, 0.4) is 0 Å². The fourth-order valence-electron chi connectivity index (χ4n) is 4.10. The van der Waals surface area contributed by atoms with Gasteiger partial charge in [0.05, 0.1) is 12.3 Å². The topological polar surface area (TPSA) is 93.4 Å². The molecule has 3 aromatic rings. The highest BCUT2D eigenvalue weighted by Crippen LogP contribution is 2.42. The van der Waals surface area contributed by atoms with E-state index in [0.717, 1.165) is 39.8 Å². The van der Waals surface area contributed by atoms with E-state index < -0.39 is 6.10 Å². The Bertz CT molecular complexity index is 1130. The van der Waals surface area contributed by atoms with Gasteiger partial charge in [-0.2, -0.15) is 5.10 Å². The normalized spacial score (nSPS) is 16.9. The summed E-state index contributed by atoms with van der Waals surface area (Å²) in [5.41, 5.74) is 3.09. The molecule has 5 rings (SSSR count). The number of ether oxygens (including phenoxy) is 1. The van der Waals surface area contributed by atoms with Gasteiger partial charge in [0, 0.05) is 41.9 Å². The molecule has 2 aliphatic rings. The summed E-state index contributed by atoms with van der Waals surface area (Å²) >= 11 is 1.65. The summed E-state index contributed by atoms with van der Waals surface area (Å²) in [5.74, 6) is 1.68. The van der Waals surface area contributed by atoms with Crippen LogP contribution in [0.15, 0.2) is 24.5 Å². The molecule has 162 valence electrons. The molecule has 0 spiro atoms. The van der Waals surface area contributed by atoms with Crippen molar-refractivity contribution in [1.82, 2.24) is 24.6 Å². The molecular weight excluding hydrogens is 414 g/mol. The first kappa shape index (κ1) is 20.1. The van der Waals surface area contributed by atoms with E-state index in [4.69, 9.17) is 9.72 Å². The van der Waals surface area contributed by atoms with Gasteiger partial charge in [0.25, 0.3) is 5.91 Å². The number of rotatable bonds is 4. The van der Waals surface area contributed by atoms with Crippen molar-refractivity contribution in [3.05, 3.63) is 35.0 Å². The first-order valence-corrected chi connectivity index (χ1v) is 11.4. The van der Waals surface area contributed by atoms with E-state index >= 15 is 0 Å². The van der Waals surface area contributed by atoms with E-state index in [-0.39, 0.29) is 17.9 Å². The second-order valence-electron chi connectivity index (χ2n) is 8.38. The lowest BCUT2D eigenvalue weighted by Gasteiger charge is -2.40. The molecule has 0 saturated carbocycles. The molecule has 0 radical (unpaired) electrons. The van der Waals surface area contributed by atoms with Gasteiger partial charge in [-0.25, -0.2) is 14.6 Å². The summed E-state index contributed by atoms with van der Waals surface area (Å²) in [6.45, 7) is 7.52. The third-order valence-corrected chi connectivity index (χ3v) is 6.93. The van der Waals surface area contributed by atoms with Gasteiger partial charge >= 0.3 is 0 Å². The monoisotopic (exact) mass is 439 g/mol. The summed E-state index contributed by atoms with van der Waals surface area (Å²) in [5, 5.41) is 14.7. The Balaban J connectivity index is 1.43. The van der Waals surface area contributed by atoms with Crippen molar-refractivity contribution >= 4 is 17.2 Å².